The van der Waals surface area contributed by atoms with Crippen molar-refractivity contribution in [3.8, 4) is 5.75 Å². The van der Waals surface area contributed by atoms with Crippen molar-refractivity contribution < 1.29 is 28.3 Å². The Kier molecular flexibility index (Phi) is 5.77. The lowest BCUT2D eigenvalue weighted by Crippen LogP contribution is -2.29. The maximum absolute atomic E-state index is 13.4. The molecule has 3 aromatic rings. The lowest BCUT2D eigenvalue weighted by atomic mass is 9.95. The van der Waals surface area contributed by atoms with E-state index in [0.29, 0.717) is 23.7 Å². The van der Waals surface area contributed by atoms with E-state index >= 15 is 0 Å². The molecule has 1 aliphatic heterocycles. The number of aryl methyl sites for hydroxylation is 1. The first-order chi connectivity index (χ1) is 15.4. The van der Waals surface area contributed by atoms with Gasteiger partial charge in [-0.05, 0) is 55.3 Å². The van der Waals surface area contributed by atoms with E-state index in [2.05, 4.69) is 5.16 Å². The molecule has 7 nitrogen and oxygen atoms in total. The lowest BCUT2D eigenvalue weighted by Gasteiger charge is -2.23. The highest BCUT2D eigenvalue weighted by Crippen LogP contribution is 2.42. The number of halogens is 1. The summed E-state index contributed by atoms with van der Waals surface area (Å²) < 4.78 is 24.2. The normalized spacial score (nSPS) is 17.7. The van der Waals surface area contributed by atoms with Gasteiger partial charge >= 0.3 is 5.91 Å². The van der Waals surface area contributed by atoms with E-state index in [1.807, 2.05) is 6.92 Å². The monoisotopic (exact) mass is 436 g/mol. The van der Waals surface area contributed by atoms with Gasteiger partial charge in [0.05, 0.1) is 18.2 Å². The van der Waals surface area contributed by atoms with Crippen LogP contribution in [-0.2, 0) is 9.59 Å². The Morgan fingerprint density at radius 3 is 2.59 bits per heavy atom. The number of amides is 1. The molecule has 0 aliphatic carbocycles. The SMILES string of the molecule is CCCOc1cccc([C@@H]2/C(=C(\O)c3ccc(F)cc3)C(=O)C(=O)N2c2cc(C)on2)c1. The summed E-state index contributed by atoms with van der Waals surface area (Å²) in [5.74, 6) is -1.46. The summed E-state index contributed by atoms with van der Waals surface area (Å²) in [4.78, 5) is 27.2. The molecule has 32 heavy (non-hydrogen) atoms. The average molecular weight is 436 g/mol. The zero-order valence-electron chi connectivity index (χ0n) is 17.5. The summed E-state index contributed by atoms with van der Waals surface area (Å²) in [5, 5.41) is 14.9. The third kappa shape index (κ3) is 3.87. The van der Waals surface area contributed by atoms with Crippen LogP contribution in [0.4, 0.5) is 10.2 Å². The average Bonchev–Trinajstić information content (AvgIpc) is 3.33. The number of benzene rings is 2. The second kappa shape index (κ2) is 8.66. The van der Waals surface area contributed by atoms with E-state index in [1.54, 1.807) is 31.2 Å². The molecule has 1 atom stereocenters. The summed E-state index contributed by atoms with van der Waals surface area (Å²) in [5.41, 5.74) is 0.626. The zero-order chi connectivity index (χ0) is 22.8. The molecule has 164 valence electrons. The molecule has 4 rings (SSSR count). The topological polar surface area (TPSA) is 92.9 Å². The maximum Gasteiger partial charge on any atom is 0.301 e. The van der Waals surface area contributed by atoms with Crippen LogP contribution in [0.3, 0.4) is 0 Å². The van der Waals surface area contributed by atoms with Gasteiger partial charge in [0, 0.05) is 11.6 Å². The largest absolute Gasteiger partial charge is 0.507 e. The number of aromatic nitrogens is 1. The predicted molar refractivity (Wildman–Crippen MR) is 115 cm³/mol. The highest BCUT2D eigenvalue weighted by molar-refractivity contribution is 6.51. The van der Waals surface area contributed by atoms with Crippen LogP contribution in [0.25, 0.3) is 5.76 Å². The van der Waals surface area contributed by atoms with Gasteiger partial charge in [-0.1, -0.05) is 24.2 Å². The van der Waals surface area contributed by atoms with E-state index in [9.17, 15) is 19.1 Å². The van der Waals surface area contributed by atoms with Gasteiger partial charge in [0.25, 0.3) is 5.78 Å². The number of hydrogen-bond donors (Lipinski definition) is 1. The Balaban J connectivity index is 1.90. The number of hydrogen-bond acceptors (Lipinski definition) is 6. The third-order valence-corrected chi connectivity index (χ3v) is 5.07. The molecule has 1 aliphatic rings. The van der Waals surface area contributed by atoms with Gasteiger partial charge < -0.3 is 14.4 Å². The van der Waals surface area contributed by atoms with Crippen molar-refractivity contribution in [2.45, 2.75) is 26.3 Å². The van der Waals surface area contributed by atoms with E-state index in [-0.39, 0.29) is 17.0 Å². The lowest BCUT2D eigenvalue weighted by molar-refractivity contribution is -0.132. The molecular formula is C24H21FN2O5. The Bertz CT molecular complexity index is 1200. The highest BCUT2D eigenvalue weighted by Gasteiger charge is 2.48. The zero-order valence-corrected chi connectivity index (χ0v) is 17.5. The Hall–Kier alpha value is -3.94. The standard InChI is InChI=1S/C24H21FN2O5/c1-3-11-31-18-6-4-5-16(13-18)21-20(22(28)15-7-9-17(25)10-8-15)23(29)24(30)27(21)19-12-14(2)32-26-19/h4-10,12-13,21,28H,3,11H2,1-2H3/b22-20+/t21-/m1/s1. The Labute approximate surface area is 183 Å². The van der Waals surface area contributed by atoms with Gasteiger partial charge in [0.15, 0.2) is 5.82 Å². The van der Waals surface area contributed by atoms with Crippen LogP contribution < -0.4 is 9.64 Å². The van der Waals surface area contributed by atoms with Gasteiger partial charge in [0.2, 0.25) is 0 Å². The van der Waals surface area contributed by atoms with Gasteiger partial charge in [-0.3, -0.25) is 14.5 Å². The number of Topliss-reactive ketones (excluding diaryl/α,β-unsaturated/α-hetero) is 1. The van der Waals surface area contributed by atoms with Crippen LogP contribution in [0.1, 0.15) is 36.3 Å². The second-order valence-electron chi connectivity index (χ2n) is 7.39. The molecule has 8 heteroatoms. The van der Waals surface area contributed by atoms with Gasteiger partial charge in [0.1, 0.15) is 23.1 Å². The quantitative estimate of drug-likeness (QED) is 0.347. The molecule has 1 saturated heterocycles. The van der Waals surface area contributed by atoms with Gasteiger partial charge in [-0.25, -0.2) is 4.39 Å². The third-order valence-electron chi connectivity index (χ3n) is 5.07. The number of nitrogens with zero attached hydrogens (tertiary/aromatic N) is 2. The minimum atomic E-state index is -0.977. The number of ketones is 1. The van der Waals surface area contributed by atoms with Crippen LogP contribution in [0.5, 0.6) is 5.75 Å². The number of carbonyl (C=O) groups excluding carboxylic acids is 2. The molecule has 0 bridgehead atoms. The first kappa shape index (κ1) is 21.3. The summed E-state index contributed by atoms with van der Waals surface area (Å²) in [6.45, 7) is 4.15. The Morgan fingerprint density at radius 2 is 1.94 bits per heavy atom. The number of ether oxygens (including phenoxy) is 1. The highest BCUT2D eigenvalue weighted by atomic mass is 19.1. The van der Waals surface area contributed by atoms with Gasteiger partial charge in [-0.15, -0.1) is 0 Å². The molecule has 2 heterocycles. The molecule has 1 N–H and O–H groups in total. The van der Waals surface area contributed by atoms with Gasteiger partial charge in [-0.2, -0.15) is 0 Å². The first-order valence-electron chi connectivity index (χ1n) is 10.1. The molecule has 1 aromatic heterocycles. The van der Waals surface area contributed by atoms with Crippen molar-refractivity contribution in [2.24, 2.45) is 0 Å². The fraction of sp³-hybridized carbons (Fsp3) is 0.208. The molecule has 1 amide bonds. The number of rotatable bonds is 6. The van der Waals surface area contributed by atoms with E-state index in [1.165, 1.54) is 35.2 Å². The van der Waals surface area contributed by atoms with Crippen LogP contribution in [0.2, 0.25) is 0 Å². The fourth-order valence-corrected chi connectivity index (χ4v) is 3.61. The smallest absolute Gasteiger partial charge is 0.301 e. The molecule has 1 fully saturated rings. The van der Waals surface area contributed by atoms with Crippen LogP contribution in [0, 0.1) is 12.7 Å². The minimum Gasteiger partial charge on any atom is -0.507 e. The molecule has 0 unspecified atom stereocenters. The fourth-order valence-electron chi connectivity index (χ4n) is 3.61. The van der Waals surface area contributed by atoms with Crippen molar-refractivity contribution in [2.75, 3.05) is 11.5 Å². The summed E-state index contributed by atoms with van der Waals surface area (Å²) in [6, 6.07) is 12.5. The predicted octanol–water partition coefficient (Wildman–Crippen LogP) is 4.54. The van der Waals surface area contributed by atoms with E-state index in [4.69, 9.17) is 9.26 Å². The minimum absolute atomic E-state index is 0.130. The number of carbonyl (C=O) groups is 2. The van der Waals surface area contributed by atoms with Crippen LogP contribution >= 0.6 is 0 Å². The van der Waals surface area contributed by atoms with E-state index < -0.39 is 29.3 Å². The van der Waals surface area contributed by atoms with Crippen molar-refractivity contribution >= 4 is 23.3 Å². The molecular weight excluding hydrogens is 415 g/mol. The maximum atomic E-state index is 13.4. The summed E-state index contributed by atoms with van der Waals surface area (Å²) in [6.07, 6.45) is 0.811. The first-order valence-corrected chi connectivity index (χ1v) is 10.1. The van der Waals surface area contributed by atoms with Crippen molar-refractivity contribution in [1.82, 2.24) is 5.16 Å². The number of aliphatic hydroxyl groups excluding tert-OH is 1. The molecule has 0 radical (unpaired) electrons. The molecule has 0 spiro atoms. The molecule has 0 saturated carbocycles. The Morgan fingerprint density at radius 1 is 1.19 bits per heavy atom. The second-order valence-corrected chi connectivity index (χ2v) is 7.39. The van der Waals surface area contributed by atoms with Crippen LogP contribution in [0.15, 0.2) is 64.7 Å². The number of aliphatic hydroxyl groups is 1. The number of anilines is 1. The molecule has 2 aromatic carbocycles. The van der Waals surface area contributed by atoms with Crippen molar-refractivity contribution in [3.05, 3.63) is 82.9 Å². The van der Waals surface area contributed by atoms with Crippen LogP contribution in [-0.4, -0.2) is 28.6 Å². The van der Waals surface area contributed by atoms with Crippen molar-refractivity contribution in [1.29, 1.82) is 0 Å². The van der Waals surface area contributed by atoms with Crippen molar-refractivity contribution in [3.63, 3.8) is 0 Å². The van der Waals surface area contributed by atoms with E-state index in [0.717, 1.165) is 6.42 Å². The summed E-state index contributed by atoms with van der Waals surface area (Å²) >= 11 is 0. The summed E-state index contributed by atoms with van der Waals surface area (Å²) in [7, 11) is 0.